The molecule has 1 nitrogen and oxygen atoms in total. The molecule has 0 aromatic heterocycles. The van der Waals surface area contributed by atoms with Crippen LogP contribution in [-0.2, 0) is 11.8 Å². The van der Waals surface area contributed by atoms with Gasteiger partial charge in [0.2, 0.25) is 0 Å². The molecule has 0 amide bonds. The average Bonchev–Trinajstić information content (AvgIpc) is 2.13. The molecule has 1 aromatic rings. The third-order valence-electron chi connectivity index (χ3n) is 3.29. The quantitative estimate of drug-likeness (QED) is 0.755. The van der Waals surface area contributed by atoms with Crippen LogP contribution in [0, 0.1) is 0 Å². The molecule has 0 heterocycles. The van der Waals surface area contributed by atoms with E-state index in [9.17, 15) is 5.11 Å². The summed E-state index contributed by atoms with van der Waals surface area (Å²) in [6, 6.07) is 6.37. The molecule has 0 saturated heterocycles. The summed E-state index contributed by atoms with van der Waals surface area (Å²) in [7, 11) is 0. The molecule has 0 bridgehead atoms. The van der Waals surface area contributed by atoms with Crippen molar-refractivity contribution in [2.24, 2.45) is 0 Å². The SMILES string of the molecule is CC1(C)c2cc(Br)ccc2CCC1O. The van der Waals surface area contributed by atoms with Gasteiger partial charge in [0, 0.05) is 9.89 Å². The Morgan fingerprint density at radius 3 is 2.86 bits per heavy atom. The molecule has 1 aromatic carbocycles. The van der Waals surface area contributed by atoms with Crippen molar-refractivity contribution in [3.05, 3.63) is 33.8 Å². The van der Waals surface area contributed by atoms with Crippen LogP contribution in [0.1, 0.15) is 31.4 Å². The molecule has 0 radical (unpaired) electrons. The first-order valence-electron chi connectivity index (χ1n) is 4.99. The highest BCUT2D eigenvalue weighted by atomic mass is 79.9. The number of halogens is 1. The summed E-state index contributed by atoms with van der Waals surface area (Å²) in [6.45, 7) is 4.23. The Morgan fingerprint density at radius 1 is 1.43 bits per heavy atom. The molecule has 0 spiro atoms. The first-order chi connectivity index (χ1) is 6.51. The van der Waals surface area contributed by atoms with Crippen LogP contribution in [0.5, 0.6) is 0 Å². The van der Waals surface area contributed by atoms with Gasteiger partial charge in [0.25, 0.3) is 0 Å². The molecule has 1 atom stereocenters. The highest BCUT2D eigenvalue weighted by Crippen LogP contribution is 2.38. The van der Waals surface area contributed by atoms with E-state index < -0.39 is 0 Å². The van der Waals surface area contributed by atoms with Crippen molar-refractivity contribution in [1.29, 1.82) is 0 Å². The Labute approximate surface area is 93.3 Å². The van der Waals surface area contributed by atoms with Gasteiger partial charge in [-0.25, -0.2) is 0 Å². The van der Waals surface area contributed by atoms with E-state index in [-0.39, 0.29) is 11.5 Å². The summed E-state index contributed by atoms with van der Waals surface area (Å²) in [6.07, 6.45) is 1.65. The molecule has 1 aliphatic rings. The maximum atomic E-state index is 9.96. The zero-order valence-corrected chi connectivity index (χ0v) is 10.1. The van der Waals surface area contributed by atoms with Crippen molar-refractivity contribution in [3.8, 4) is 0 Å². The van der Waals surface area contributed by atoms with Gasteiger partial charge in [0.15, 0.2) is 0 Å². The molecule has 0 aliphatic heterocycles. The molecule has 76 valence electrons. The standard InChI is InChI=1S/C12H15BrO/c1-12(2)10-7-9(13)5-3-8(10)4-6-11(12)14/h3,5,7,11,14H,4,6H2,1-2H3. The lowest BCUT2D eigenvalue weighted by atomic mass is 9.71. The molecule has 1 N–H and O–H groups in total. The Balaban J connectivity index is 2.55. The van der Waals surface area contributed by atoms with Gasteiger partial charge >= 0.3 is 0 Å². The van der Waals surface area contributed by atoms with E-state index >= 15 is 0 Å². The monoisotopic (exact) mass is 254 g/mol. The summed E-state index contributed by atoms with van der Waals surface area (Å²) in [5.41, 5.74) is 2.55. The number of fused-ring (bicyclic) bond motifs is 1. The molecule has 14 heavy (non-hydrogen) atoms. The van der Waals surface area contributed by atoms with Gasteiger partial charge in [-0.1, -0.05) is 35.8 Å². The van der Waals surface area contributed by atoms with E-state index in [1.165, 1.54) is 11.1 Å². The summed E-state index contributed by atoms with van der Waals surface area (Å²) in [4.78, 5) is 0. The molecule has 2 rings (SSSR count). The van der Waals surface area contributed by atoms with Gasteiger partial charge in [0.05, 0.1) is 6.10 Å². The minimum absolute atomic E-state index is 0.114. The molecule has 0 fully saturated rings. The third-order valence-corrected chi connectivity index (χ3v) is 3.78. The number of hydrogen-bond donors (Lipinski definition) is 1. The summed E-state index contributed by atoms with van der Waals surface area (Å²) >= 11 is 3.48. The van der Waals surface area contributed by atoms with Crippen LogP contribution < -0.4 is 0 Å². The molecular weight excluding hydrogens is 240 g/mol. The highest BCUT2D eigenvalue weighted by Gasteiger charge is 2.35. The second kappa shape index (κ2) is 3.35. The summed E-state index contributed by atoms with van der Waals surface area (Å²) < 4.78 is 1.10. The topological polar surface area (TPSA) is 20.2 Å². The van der Waals surface area contributed by atoms with Crippen molar-refractivity contribution in [2.75, 3.05) is 0 Å². The molecular formula is C12H15BrO. The van der Waals surface area contributed by atoms with Crippen molar-refractivity contribution >= 4 is 15.9 Å². The van der Waals surface area contributed by atoms with Crippen LogP contribution >= 0.6 is 15.9 Å². The number of aliphatic hydroxyl groups excluding tert-OH is 1. The van der Waals surface area contributed by atoms with E-state index in [2.05, 4.69) is 48.0 Å². The van der Waals surface area contributed by atoms with Crippen LogP contribution in [0.4, 0.5) is 0 Å². The first-order valence-corrected chi connectivity index (χ1v) is 5.78. The fraction of sp³-hybridized carbons (Fsp3) is 0.500. The number of aliphatic hydroxyl groups is 1. The number of hydrogen-bond acceptors (Lipinski definition) is 1. The minimum Gasteiger partial charge on any atom is -0.392 e. The normalized spacial score (nSPS) is 24.4. The first kappa shape index (κ1) is 10.2. The van der Waals surface area contributed by atoms with Crippen LogP contribution in [0.3, 0.4) is 0 Å². The van der Waals surface area contributed by atoms with Gasteiger partial charge in [0.1, 0.15) is 0 Å². The Morgan fingerprint density at radius 2 is 2.14 bits per heavy atom. The average molecular weight is 255 g/mol. The maximum absolute atomic E-state index is 9.96. The lowest BCUT2D eigenvalue weighted by Gasteiger charge is -2.37. The molecule has 1 unspecified atom stereocenters. The van der Waals surface area contributed by atoms with Crippen molar-refractivity contribution in [1.82, 2.24) is 0 Å². The van der Waals surface area contributed by atoms with Gasteiger partial charge < -0.3 is 5.11 Å². The molecule has 2 heteroatoms. The van der Waals surface area contributed by atoms with E-state index in [4.69, 9.17) is 0 Å². The lowest BCUT2D eigenvalue weighted by Crippen LogP contribution is -2.38. The number of aryl methyl sites for hydroxylation is 1. The zero-order chi connectivity index (χ0) is 10.3. The van der Waals surface area contributed by atoms with Gasteiger partial charge in [-0.15, -0.1) is 0 Å². The molecule has 1 aliphatic carbocycles. The maximum Gasteiger partial charge on any atom is 0.0634 e. The highest BCUT2D eigenvalue weighted by molar-refractivity contribution is 9.10. The van der Waals surface area contributed by atoms with Gasteiger partial charge in [-0.2, -0.15) is 0 Å². The second-order valence-electron chi connectivity index (χ2n) is 4.58. The minimum atomic E-state index is -0.218. The van der Waals surface area contributed by atoms with Crippen LogP contribution in [-0.4, -0.2) is 11.2 Å². The van der Waals surface area contributed by atoms with Crippen molar-refractivity contribution in [3.63, 3.8) is 0 Å². The van der Waals surface area contributed by atoms with Gasteiger partial charge in [-0.05, 0) is 36.1 Å². The van der Waals surface area contributed by atoms with Crippen molar-refractivity contribution < 1.29 is 5.11 Å². The fourth-order valence-corrected chi connectivity index (χ4v) is 2.56. The zero-order valence-electron chi connectivity index (χ0n) is 8.55. The van der Waals surface area contributed by atoms with Gasteiger partial charge in [-0.3, -0.25) is 0 Å². The third kappa shape index (κ3) is 1.51. The predicted octanol–water partition coefficient (Wildman–Crippen LogP) is 3.03. The van der Waals surface area contributed by atoms with Crippen molar-refractivity contribution in [2.45, 2.75) is 38.2 Å². The smallest absolute Gasteiger partial charge is 0.0634 e. The second-order valence-corrected chi connectivity index (χ2v) is 5.49. The lowest BCUT2D eigenvalue weighted by molar-refractivity contribution is 0.0831. The Hall–Kier alpha value is -0.340. The predicted molar refractivity (Wildman–Crippen MR) is 61.5 cm³/mol. The van der Waals surface area contributed by atoms with E-state index in [1.807, 2.05) is 0 Å². The van der Waals surface area contributed by atoms with E-state index in [0.717, 1.165) is 17.3 Å². The Kier molecular flexibility index (Phi) is 2.44. The Bertz CT molecular complexity index is 357. The van der Waals surface area contributed by atoms with Crippen LogP contribution in [0.15, 0.2) is 22.7 Å². The largest absolute Gasteiger partial charge is 0.392 e. The van der Waals surface area contributed by atoms with Crippen LogP contribution in [0.2, 0.25) is 0 Å². The summed E-state index contributed by atoms with van der Waals surface area (Å²) in [5, 5.41) is 9.96. The molecule has 0 saturated carbocycles. The number of rotatable bonds is 0. The summed E-state index contributed by atoms with van der Waals surface area (Å²) in [5.74, 6) is 0. The number of benzene rings is 1. The fourth-order valence-electron chi connectivity index (χ4n) is 2.20. The van der Waals surface area contributed by atoms with E-state index in [0.29, 0.717) is 0 Å². The van der Waals surface area contributed by atoms with E-state index in [1.54, 1.807) is 0 Å². The van der Waals surface area contributed by atoms with Crippen LogP contribution in [0.25, 0.3) is 0 Å².